The van der Waals surface area contributed by atoms with Crippen LogP contribution in [0.3, 0.4) is 0 Å². The molecule has 2 amide bonds. The fraction of sp³-hybridized carbons (Fsp3) is 0.818. The third-order valence-corrected chi connectivity index (χ3v) is 3.27. The minimum Gasteiger partial charge on any atom is -0.354 e. The van der Waals surface area contributed by atoms with Crippen LogP contribution in [0.4, 0.5) is 0 Å². The minimum absolute atomic E-state index is 0.0161. The van der Waals surface area contributed by atoms with Gasteiger partial charge in [0.1, 0.15) is 6.04 Å². The Labute approximate surface area is 95.3 Å². The second-order valence-electron chi connectivity index (χ2n) is 4.53. The summed E-state index contributed by atoms with van der Waals surface area (Å²) < 4.78 is 0. The van der Waals surface area contributed by atoms with E-state index in [-0.39, 0.29) is 17.9 Å². The summed E-state index contributed by atoms with van der Waals surface area (Å²) in [6.07, 6.45) is 4.52. The van der Waals surface area contributed by atoms with Gasteiger partial charge in [0.05, 0.1) is 0 Å². The molecule has 3 N–H and O–H groups in total. The van der Waals surface area contributed by atoms with Gasteiger partial charge in [-0.3, -0.25) is 9.59 Å². The van der Waals surface area contributed by atoms with Crippen molar-refractivity contribution in [3.63, 3.8) is 0 Å². The van der Waals surface area contributed by atoms with Crippen LogP contribution in [0.2, 0.25) is 0 Å². The Balaban J connectivity index is 1.61. The van der Waals surface area contributed by atoms with E-state index in [1.54, 1.807) is 0 Å². The fourth-order valence-electron chi connectivity index (χ4n) is 2.31. The molecule has 2 aliphatic heterocycles. The van der Waals surface area contributed by atoms with Gasteiger partial charge in [-0.2, -0.15) is 0 Å². The zero-order valence-electron chi connectivity index (χ0n) is 9.42. The van der Waals surface area contributed by atoms with Gasteiger partial charge in [-0.1, -0.05) is 0 Å². The number of rotatable bonds is 4. The van der Waals surface area contributed by atoms with Crippen LogP contribution in [0.15, 0.2) is 0 Å². The predicted molar refractivity (Wildman–Crippen MR) is 59.8 cm³/mol. The van der Waals surface area contributed by atoms with E-state index in [1.165, 1.54) is 12.8 Å². The third kappa shape index (κ3) is 2.95. The van der Waals surface area contributed by atoms with Gasteiger partial charge in [0.2, 0.25) is 11.8 Å². The van der Waals surface area contributed by atoms with Crippen molar-refractivity contribution in [3.05, 3.63) is 0 Å². The second-order valence-corrected chi connectivity index (χ2v) is 4.53. The molecule has 0 aromatic heterocycles. The normalized spacial score (nSPS) is 29.1. The monoisotopic (exact) mass is 225 g/mol. The highest BCUT2D eigenvalue weighted by Crippen LogP contribution is 2.08. The van der Waals surface area contributed by atoms with Crippen LogP contribution < -0.4 is 16.0 Å². The van der Waals surface area contributed by atoms with E-state index >= 15 is 0 Å². The third-order valence-electron chi connectivity index (χ3n) is 3.27. The molecule has 0 saturated carbocycles. The van der Waals surface area contributed by atoms with Crippen molar-refractivity contribution in [2.24, 2.45) is 0 Å². The zero-order chi connectivity index (χ0) is 11.4. The Bertz CT molecular complexity index is 274. The lowest BCUT2D eigenvalue weighted by Crippen LogP contribution is -2.42. The molecule has 16 heavy (non-hydrogen) atoms. The summed E-state index contributed by atoms with van der Waals surface area (Å²) in [5.41, 5.74) is 0. The van der Waals surface area contributed by atoms with Crippen LogP contribution in [-0.2, 0) is 9.59 Å². The Morgan fingerprint density at radius 1 is 1.44 bits per heavy atom. The van der Waals surface area contributed by atoms with Gasteiger partial charge >= 0.3 is 0 Å². The minimum atomic E-state index is -0.302. The number of hydrogen-bond acceptors (Lipinski definition) is 3. The molecule has 0 bridgehead atoms. The van der Waals surface area contributed by atoms with E-state index in [4.69, 9.17) is 0 Å². The first kappa shape index (κ1) is 11.4. The SMILES string of the molecule is O=C1CC[C@@H](C(=O)NCCC2CCCN2)N1. The summed E-state index contributed by atoms with van der Waals surface area (Å²) in [6.45, 7) is 1.79. The van der Waals surface area contributed by atoms with Crippen molar-refractivity contribution < 1.29 is 9.59 Å². The summed E-state index contributed by atoms with van der Waals surface area (Å²) in [5.74, 6) is -0.0542. The van der Waals surface area contributed by atoms with Gasteiger partial charge in [-0.25, -0.2) is 0 Å². The average Bonchev–Trinajstić information content (AvgIpc) is 2.89. The number of carbonyl (C=O) groups excluding carboxylic acids is 2. The Morgan fingerprint density at radius 2 is 2.31 bits per heavy atom. The maximum Gasteiger partial charge on any atom is 0.242 e. The first-order valence-corrected chi connectivity index (χ1v) is 6.06. The Kier molecular flexibility index (Phi) is 3.77. The Hall–Kier alpha value is -1.10. The van der Waals surface area contributed by atoms with Crippen LogP contribution in [0.1, 0.15) is 32.1 Å². The van der Waals surface area contributed by atoms with E-state index in [0.29, 0.717) is 25.4 Å². The summed E-state index contributed by atoms with van der Waals surface area (Å²) in [6, 6.07) is 0.252. The maximum atomic E-state index is 11.6. The molecular formula is C11H19N3O2. The Morgan fingerprint density at radius 3 is 2.94 bits per heavy atom. The molecular weight excluding hydrogens is 206 g/mol. The van der Waals surface area contributed by atoms with E-state index in [0.717, 1.165) is 13.0 Å². The summed E-state index contributed by atoms with van der Waals surface area (Å²) in [5, 5.41) is 8.93. The van der Waals surface area contributed by atoms with Gasteiger partial charge in [0.25, 0.3) is 0 Å². The summed E-state index contributed by atoms with van der Waals surface area (Å²) >= 11 is 0. The molecule has 0 aliphatic carbocycles. The van der Waals surface area contributed by atoms with Crippen molar-refractivity contribution >= 4 is 11.8 Å². The van der Waals surface area contributed by atoms with Crippen LogP contribution in [0.5, 0.6) is 0 Å². The maximum absolute atomic E-state index is 11.6. The van der Waals surface area contributed by atoms with E-state index in [9.17, 15) is 9.59 Å². The van der Waals surface area contributed by atoms with E-state index in [1.807, 2.05) is 0 Å². The lowest BCUT2D eigenvalue weighted by atomic mass is 10.1. The zero-order valence-corrected chi connectivity index (χ0v) is 9.42. The molecule has 2 fully saturated rings. The van der Waals surface area contributed by atoms with Crippen molar-refractivity contribution in [3.8, 4) is 0 Å². The lowest BCUT2D eigenvalue weighted by molar-refractivity contribution is -0.125. The molecule has 5 heteroatoms. The topological polar surface area (TPSA) is 70.2 Å². The molecule has 0 aromatic rings. The van der Waals surface area contributed by atoms with Crippen LogP contribution in [0, 0.1) is 0 Å². The highest BCUT2D eigenvalue weighted by Gasteiger charge is 2.26. The predicted octanol–water partition coefficient (Wildman–Crippen LogP) is -0.477. The van der Waals surface area contributed by atoms with Crippen molar-refractivity contribution in [1.29, 1.82) is 0 Å². The molecule has 1 unspecified atom stereocenters. The van der Waals surface area contributed by atoms with Gasteiger partial charge in [0.15, 0.2) is 0 Å². The molecule has 2 saturated heterocycles. The molecule has 0 spiro atoms. The number of hydrogen-bond donors (Lipinski definition) is 3. The average molecular weight is 225 g/mol. The van der Waals surface area contributed by atoms with Crippen molar-refractivity contribution in [1.82, 2.24) is 16.0 Å². The van der Waals surface area contributed by atoms with Crippen LogP contribution in [-0.4, -0.2) is 37.0 Å². The number of amides is 2. The van der Waals surface area contributed by atoms with E-state index < -0.39 is 0 Å². The first-order valence-electron chi connectivity index (χ1n) is 6.06. The molecule has 2 rings (SSSR count). The molecule has 0 radical (unpaired) electrons. The molecule has 90 valence electrons. The largest absolute Gasteiger partial charge is 0.354 e. The van der Waals surface area contributed by atoms with Gasteiger partial charge < -0.3 is 16.0 Å². The summed E-state index contributed by atoms with van der Waals surface area (Å²) in [7, 11) is 0. The van der Waals surface area contributed by atoms with Gasteiger partial charge in [0, 0.05) is 19.0 Å². The quantitative estimate of drug-likeness (QED) is 0.605. The summed E-state index contributed by atoms with van der Waals surface area (Å²) in [4.78, 5) is 22.6. The highest BCUT2D eigenvalue weighted by atomic mass is 16.2. The molecule has 0 aromatic carbocycles. The number of carbonyl (C=O) groups is 2. The van der Waals surface area contributed by atoms with Crippen LogP contribution >= 0.6 is 0 Å². The number of nitrogens with one attached hydrogen (secondary N) is 3. The van der Waals surface area contributed by atoms with Gasteiger partial charge in [-0.05, 0) is 32.2 Å². The molecule has 2 atom stereocenters. The smallest absolute Gasteiger partial charge is 0.242 e. The fourth-order valence-corrected chi connectivity index (χ4v) is 2.31. The standard InChI is InChI=1S/C11H19N3O2/c15-10-4-3-9(14-10)11(16)13-7-5-8-2-1-6-12-8/h8-9,12H,1-7H2,(H,13,16)(H,14,15)/t8?,9-/m0/s1. The van der Waals surface area contributed by atoms with Gasteiger partial charge in [-0.15, -0.1) is 0 Å². The van der Waals surface area contributed by atoms with E-state index in [2.05, 4.69) is 16.0 Å². The molecule has 2 heterocycles. The van der Waals surface area contributed by atoms with Crippen molar-refractivity contribution in [2.75, 3.05) is 13.1 Å². The molecule has 2 aliphatic rings. The highest BCUT2D eigenvalue weighted by molar-refractivity contribution is 5.90. The second kappa shape index (κ2) is 5.30. The van der Waals surface area contributed by atoms with Crippen molar-refractivity contribution in [2.45, 2.75) is 44.2 Å². The molecule has 5 nitrogen and oxygen atoms in total. The lowest BCUT2D eigenvalue weighted by Gasteiger charge is -2.13. The first-order chi connectivity index (χ1) is 7.75. The van der Waals surface area contributed by atoms with Crippen LogP contribution in [0.25, 0.3) is 0 Å².